The van der Waals surface area contributed by atoms with Crippen molar-refractivity contribution >= 4 is 43.5 Å². The quantitative estimate of drug-likeness (QED) is 0.551. The van der Waals surface area contributed by atoms with Crippen molar-refractivity contribution in [1.82, 2.24) is 5.43 Å². The molecule has 2 aromatic rings. The zero-order valence-corrected chi connectivity index (χ0v) is 14.3. The molecule has 2 rings (SSSR count). The molecule has 0 fully saturated rings. The van der Waals surface area contributed by atoms with E-state index in [9.17, 15) is 4.39 Å². The average molecular weight is 423 g/mol. The zero-order chi connectivity index (χ0) is 14.7. The number of hydrazine groups is 1. The Hall–Kier alpha value is -0.460. The molecule has 0 aliphatic rings. The van der Waals surface area contributed by atoms with Crippen molar-refractivity contribution in [3.8, 4) is 0 Å². The lowest BCUT2D eigenvalue weighted by Crippen LogP contribution is -2.29. The van der Waals surface area contributed by atoms with Gasteiger partial charge in [-0.1, -0.05) is 49.5 Å². The molecule has 1 unspecified atom stereocenters. The highest BCUT2D eigenvalue weighted by atomic mass is 79.9. The zero-order valence-electron chi connectivity index (χ0n) is 10.3. The van der Waals surface area contributed by atoms with Crippen LogP contribution >= 0.6 is 43.5 Å². The van der Waals surface area contributed by atoms with Crippen molar-refractivity contribution in [3.63, 3.8) is 0 Å². The van der Waals surface area contributed by atoms with E-state index in [1.165, 1.54) is 12.1 Å². The van der Waals surface area contributed by atoms with Gasteiger partial charge in [-0.25, -0.2) is 4.39 Å². The molecular formula is C14H12Br2ClFN2. The standard InChI is InChI=1S/C14H12Br2ClFN2/c15-9-3-8(4-11(18)6-9)5-14(20-19)12-2-1-10(17)7-13(12)16/h1-4,6-7,14,20H,5,19H2. The fraction of sp³-hybridized carbons (Fsp3) is 0.143. The third-order valence-electron chi connectivity index (χ3n) is 2.90. The number of benzene rings is 2. The van der Waals surface area contributed by atoms with Gasteiger partial charge >= 0.3 is 0 Å². The molecule has 6 heteroatoms. The van der Waals surface area contributed by atoms with Gasteiger partial charge in [0.2, 0.25) is 0 Å². The number of halogens is 4. The Morgan fingerprint density at radius 1 is 1.20 bits per heavy atom. The number of nitrogens with two attached hydrogens (primary N) is 1. The summed E-state index contributed by atoms with van der Waals surface area (Å²) in [6, 6.07) is 10.2. The summed E-state index contributed by atoms with van der Waals surface area (Å²) in [5.74, 6) is 5.35. The summed E-state index contributed by atoms with van der Waals surface area (Å²) in [5, 5.41) is 0.643. The van der Waals surface area contributed by atoms with Gasteiger partial charge in [0.05, 0.1) is 6.04 Å². The highest BCUT2D eigenvalue weighted by Crippen LogP contribution is 2.29. The van der Waals surface area contributed by atoms with Crippen molar-refractivity contribution in [3.05, 3.63) is 67.3 Å². The Morgan fingerprint density at radius 2 is 1.95 bits per heavy atom. The Morgan fingerprint density at radius 3 is 2.55 bits per heavy atom. The van der Waals surface area contributed by atoms with E-state index in [1.54, 1.807) is 6.07 Å². The molecule has 0 saturated carbocycles. The molecule has 0 saturated heterocycles. The molecule has 2 nitrogen and oxygen atoms in total. The van der Waals surface area contributed by atoms with Crippen LogP contribution in [0.3, 0.4) is 0 Å². The lowest BCUT2D eigenvalue weighted by Gasteiger charge is -2.18. The largest absolute Gasteiger partial charge is 0.271 e. The Kier molecular flexibility index (Phi) is 5.57. The number of nitrogens with one attached hydrogen (secondary N) is 1. The smallest absolute Gasteiger partial charge is 0.124 e. The van der Waals surface area contributed by atoms with E-state index in [0.29, 0.717) is 15.9 Å². The monoisotopic (exact) mass is 420 g/mol. The van der Waals surface area contributed by atoms with Crippen molar-refractivity contribution in [2.45, 2.75) is 12.5 Å². The predicted octanol–water partition coefficient (Wildman–Crippen LogP) is 4.75. The van der Waals surface area contributed by atoms with E-state index < -0.39 is 0 Å². The van der Waals surface area contributed by atoms with Crippen molar-refractivity contribution in [1.29, 1.82) is 0 Å². The molecule has 0 aliphatic heterocycles. The third-order valence-corrected chi connectivity index (χ3v) is 4.28. The maximum absolute atomic E-state index is 13.4. The second kappa shape index (κ2) is 7.00. The Bertz CT molecular complexity index is 602. The van der Waals surface area contributed by atoms with Gasteiger partial charge in [0.15, 0.2) is 0 Å². The van der Waals surface area contributed by atoms with Crippen LogP contribution in [0.25, 0.3) is 0 Å². The van der Waals surface area contributed by atoms with Crippen molar-refractivity contribution < 1.29 is 4.39 Å². The second-order valence-corrected chi connectivity index (χ2v) is 6.57. The molecule has 0 heterocycles. The van der Waals surface area contributed by atoms with Crippen LogP contribution in [0.1, 0.15) is 17.2 Å². The first kappa shape index (κ1) is 15.9. The minimum atomic E-state index is -0.277. The highest BCUT2D eigenvalue weighted by Gasteiger charge is 2.15. The first-order valence-corrected chi connectivity index (χ1v) is 7.82. The van der Waals surface area contributed by atoms with Crippen molar-refractivity contribution in [2.24, 2.45) is 5.84 Å². The van der Waals surface area contributed by atoms with Crippen LogP contribution in [0.4, 0.5) is 4.39 Å². The molecule has 0 bridgehead atoms. The van der Waals surface area contributed by atoms with Gasteiger partial charge in [-0.05, 0) is 47.9 Å². The molecule has 20 heavy (non-hydrogen) atoms. The van der Waals surface area contributed by atoms with Gasteiger partial charge in [-0.3, -0.25) is 11.3 Å². The van der Waals surface area contributed by atoms with Gasteiger partial charge in [0.1, 0.15) is 5.82 Å². The van der Waals surface area contributed by atoms with E-state index >= 15 is 0 Å². The summed E-state index contributed by atoms with van der Waals surface area (Å²) in [4.78, 5) is 0. The lowest BCUT2D eigenvalue weighted by atomic mass is 9.99. The Labute approximate surface area is 138 Å². The van der Waals surface area contributed by atoms with Crippen LogP contribution in [0.5, 0.6) is 0 Å². The number of hydrogen-bond acceptors (Lipinski definition) is 2. The lowest BCUT2D eigenvalue weighted by molar-refractivity contribution is 0.546. The highest BCUT2D eigenvalue weighted by molar-refractivity contribution is 9.10. The van der Waals surface area contributed by atoms with E-state index in [-0.39, 0.29) is 11.9 Å². The second-order valence-electron chi connectivity index (χ2n) is 4.37. The molecule has 0 radical (unpaired) electrons. The minimum Gasteiger partial charge on any atom is -0.271 e. The van der Waals surface area contributed by atoms with Crippen LogP contribution in [0.15, 0.2) is 45.3 Å². The molecule has 0 aliphatic carbocycles. The van der Waals surface area contributed by atoms with Gasteiger partial charge in [-0.2, -0.15) is 0 Å². The molecule has 3 N–H and O–H groups in total. The molecule has 0 amide bonds. The van der Waals surface area contributed by atoms with Gasteiger partial charge in [-0.15, -0.1) is 0 Å². The molecule has 1 atom stereocenters. The van der Waals surface area contributed by atoms with E-state index in [0.717, 1.165) is 15.6 Å². The normalized spacial score (nSPS) is 12.4. The van der Waals surface area contributed by atoms with Crippen LogP contribution in [0, 0.1) is 5.82 Å². The maximum atomic E-state index is 13.4. The number of rotatable bonds is 4. The van der Waals surface area contributed by atoms with Crippen LogP contribution in [-0.2, 0) is 6.42 Å². The van der Waals surface area contributed by atoms with Crippen LogP contribution in [0.2, 0.25) is 5.02 Å². The average Bonchev–Trinajstić information content (AvgIpc) is 2.35. The van der Waals surface area contributed by atoms with E-state index in [2.05, 4.69) is 37.3 Å². The first-order valence-electron chi connectivity index (χ1n) is 5.85. The molecule has 0 aromatic heterocycles. The van der Waals surface area contributed by atoms with Crippen LogP contribution in [-0.4, -0.2) is 0 Å². The summed E-state index contributed by atoms with van der Waals surface area (Å²) in [5.41, 5.74) is 4.57. The van der Waals surface area contributed by atoms with Gasteiger partial charge in [0, 0.05) is 14.0 Å². The van der Waals surface area contributed by atoms with Crippen LogP contribution < -0.4 is 11.3 Å². The molecule has 106 valence electrons. The van der Waals surface area contributed by atoms with Gasteiger partial charge < -0.3 is 0 Å². The van der Waals surface area contributed by atoms with Crippen molar-refractivity contribution in [2.75, 3.05) is 0 Å². The number of hydrogen-bond donors (Lipinski definition) is 2. The minimum absolute atomic E-state index is 0.143. The first-order chi connectivity index (χ1) is 9.49. The van der Waals surface area contributed by atoms with Gasteiger partial charge in [0.25, 0.3) is 0 Å². The SMILES string of the molecule is NNC(Cc1cc(F)cc(Br)c1)c1ccc(Cl)cc1Br. The molecule has 2 aromatic carbocycles. The van der Waals surface area contributed by atoms with E-state index in [4.69, 9.17) is 17.4 Å². The topological polar surface area (TPSA) is 38.0 Å². The van der Waals surface area contributed by atoms with E-state index in [1.807, 2.05) is 18.2 Å². The predicted molar refractivity (Wildman–Crippen MR) is 87.0 cm³/mol. The third kappa shape index (κ3) is 4.02. The fourth-order valence-corrected chi connectivity index (χ4v) is 3.48. The summed E-state index contributed by atoms with van der Waals surface area (Å²) in [7, 11) is 0. The molecule has 0 spiro atoms. The summed E-state index contributed by atoms with van der Waals surface area (Å²) in [6.07, 6.45) is 0.563. The maximum Gasteiger partial charge on any atom is 0.124 e. The summed E-state index contributed by atoms with van der Waals surface area (Å²) in [6.45, 7) is 0. The fourth-order valence-electron chi connectivity index (χ4n) is 2.01. The summed E-state index contributed by atoms with van der Waals surface area (Å²) < 4.78 is 15.0. The Balaban J connectivity index is 2.28. The molecular weight excluding hydrogens is 410 g/mol. The summed E-state index contributed by atoms with van der Waals surface area (Å²) >= 11 is 12.7.